The fraction of sp³-hybridized carbons (Fsp3) is 0.425. The maximum Gasteiger partial charge on any atom is 0.310 e. The molecule has 0 spiro atoms. The van der Waals surface area contributed by atoms with E-state index < -0.39 is 17.9 Å². The van der Waals surface area contributed by atoms with Gasteiger partial charge in [0.05, 0.1) is 17.4 Å². The van der Waals surface area contributed by atoms with Crippen molar-refractivity contribution in [3.63, 3.8) is 0 Å². The molecule has 1 atom stereocenters. The van der Waals surface area contributed by atoms with Gasteiger partial charge in [-0.1, -0.05) is 89.3 Å². The molecule has 9 nitrogen and oxygen atoms in total. The lowest BCUT2D eigenvalue weighted by Crippen LogP contribution is -2.59. The van der Waals surface area contributed by atoms with Crippen LogP contribution in [0, 0.1) is 11.8 Å². The van der Waals surface area contributed by atoms with Crippen LogP contribution in [-0.4, -0.2) is 63.5 Å². The molecule has 1 unspecified atom stereocenters. The van der Waals surface area contributed by atoms with Gasteiger partial charge >= 0.3 is 5.97 Å². The normalized spacial score (nSPS) is 16.0. The topological polar surface area (TPSA) is 122 Å². The molecule has 2 amide bonds. The second kappa shape index (κ2) is 15.5. The second-order valence-corrected chi connectivity index (χ2v) is 15.7. The van der Waals surface area contributed by atoms with Gasteiger partial charge in [-0.05, 0) is 53.1 Å². The third kappa shape index (κ3) is 8.77. The number of ether oxygens (including phenoxy) is 1. The van der Waals surface area contributed by atoms with Crippen LogP contribution in [0.5, 0.6) is 5.75 Å². The zero-order chi connectivity index (χ0) is 35.3. The van der Waals surface area contributed by atoms with E-state index in [1.807, 2.05) is 67.0 Å². The maximum atomic E-state index is 13.5. The van der Waals surface area contributed by atoms with E-state index in [0.717, 1.165) is 51.8 Å². The molecule has 0 bridgehead atoms. The Morgan fingerprint density at radius 3 is 2.18 bits per heavy atom. The molecule has 10 heteroatoms. The summed E-state index contributed by atoms with van der Waals surface area (Å²) in [6, 6.07) is 18.6. The SMILES string of the molecule is CC(C)(C)c1ccc(C(=O)NC(Cc2ccc(-c3ncc(-c4ccc(OCCC5CCCCC5)cc4)cn3)cc2)C(=O)N2CC(C(=O)O)C2)s1. The summed E-state index contributed by atoms with van der Waals surface area (Å²) in [6.45, 7) is 7.30. The van der Waals surface area contributed by atoms with E-state index in [0.29, 0.717) is 10.7 Å². The number of carboxylic acid groups (broad SMARTS) is 1. The van der Waals surface area contributed by atoms with Crippen molar-refractivity contribution < 1.29 is 24.2 Å². The van der Waals surface area contributed by atoms with Gasteiger partial charge in [0.25, 0.3) is 5.91 Å². The Kier molecular flexibility index (Phi) is 11.0. The Balaban J connectivity index is 1.08. The number of hydrogen-bond acceptors (Lipinski definition) is 7. The minimum Gasteiger partial charge on any atom is -0.494 e. The smallest absolute Gasteiger partial charge is 0.310 e. The molecule has 1 aliphatic heterocycles. The summed E-state index contributed by atoms with van der Waals surface area (Å²) in [5.41, 5.74) is 3.50. The molecule has 2 N–H and O–H groups in total. The van der Waals surface area contributed by atoms with Gasteiger partial charge in [0, 0.05) is 47.9 Å². The van der Waals surface area contributed by atoms with Crippen LogP contribution in [0.3, 0.4) is 0 Å². The number of nitrogens with zero attached hydrogens (tertiary/aromatic N) is 3. The number of thiophene rings is 1. The molecule has 3 heterocycles. The highest BCUT2D eigenvalue weighted by Gasteiger charge is 2.39. The number of aromatic nitrogens is 2. The van der Waals surface area contributed by atoms with E-state index in [1.54, 1.807) is 6.07 Å². The highest BCUT2D eigenvalue weighted by molar-refractivity contribution is 7.14. The Hall–Kier alpha value is -4.57. The number of rotatable bonds is 12. The quantitative estimate of drug-likeness (QED) is 0.159. The highest BCUT2D eigenvalue weighted by Crippen LogP contribution is 2.30. The van der Waals surface area contributed by atoms with Crippen molar-refractivity contribution in [2.24, 2.45) is 11.8 Å². The van der Waals surface area contributed by atoms with E-state index in [4.69, 9.17) is 4.74 Å². The Morgan fingerprint density at radius 1 is 0.900 bits per heavy atom. The van der Waals surface area contributed by atoms with Crippen LogP contribution >= 0.6 is 11.3 Å². The zero-order valence-electron chi connectivity index (χ0n) is 29.1. The number of benzene rings is 2. The molecule has 2 fully saturated rings. The molecule has 4 aromatic rings. The van der Waals surface area contributed by atoms with Crippen LogP contribution in [0.4, 0.5) is 0 Å². The molecule has 0 radical (unpaired) electrons. The summed E-state index contributed by atoms with van der Waals surface area (Å²) in [4.78, 5) is 50.5. The number of nitrogens with one attached hydrogen (secondary N) is 1. The van der Waals surface area contributed by atoms with Crippen molar-refractivity contribution in [3.05, 3.63) is 88.4 Å². The number of amides is 2. The first-order valence-electron chi connectivity index (χ1n) is 17.6. The Labute approximate surface area is 298 Å². The van der Waals surface area contributed by atoms with Crippen molar-refractivity contribution in [2.45, 2.75) is 77.2 Å². The third-order valence-electron chi connectivity index (χ3n) is 9.73. The van der Waals surface area contributed by atoms with Crippen LogP contribution in [0.15, 0.2) is 73.1 Å². The molecular formula is C40H46N4O5S. The van der Waals surface area contributed by atoms with Gasteiger partial charge in [-0.25, -0.2) is 9.97 Å². The molecule has 6 rings (SSSR count). The lowest BCUT2D eigenvalue weighted by molar-refractivity contribution is -0.153. The summed E-state index contributed by atoms with van der Waals surface area (Å²) in [5.74, 6) is 0.149. The lowest BCUT2D eigenvalue weighted by Gasteiger charge is -2.38. The van der Waals surface area contributed by atoms with Gasteiger partial charge < -0.3 is 20.1 Å². The molecule has 1 saturated heterocycles. The summed E-state index contributed by atoms with van der Waals surface area (Å²) in [7, 11) is 0. The molecular weight excluding hydrogens is 649 g/mol. The van der Waals surface area contributed by atoms with Crippen molar-refractivity contribution in [1.82, 2.24) is 20.2 Å². The van der Waals surface area contributed by atoms with Gasteiger partial charge in [0.15, 0.2) is 5.82 Å². The zero-order valence-corrected chi connectivity index (χ0v) is 29.9. The van der Waals surface area contributed by atoms with E-state index in [2.05, 4.69) is 36.1 Å². The predicted molar refractivity (Wildman–Crippen MR) is 195 cm³/mol. The molecule has 1 aliphatic carbocycles. The minimum absolute atomic E-state index is 0.0954. The van der Waals surface area contributed by atoms with Crippen LogP contribution in [0.25, 0.3) is 22.5 Å². The first-order valence-corrected chi connectivity index (χ1v) is 18.4. The average molecular weight is 695 g/mol. The van der Waals surface area contributed by atoms with E-state index >= 15 is 0 Å². The fourth-order valence-electron chi connectivity index (χ4n) is 6.54. The third-order valence-corrected chi connectivity index (χ3v) is 11.2. The van der Waals surface area contributed by atoms with E-state index in [1.165, 1.54) is 48.3 Å². The van der Waals surface area contributed by atoms with Crippen molar-refractivity contribution in [1.29, 1.82) is 0 Å². The number of carbonyl (C=O) groups excluding carboxylic acids is 2. The summed E-state index contributed by atoms with van der Waals surface area (Å²) < 4.78 is 6.01. The number of likely N-dealkylation sites (tertiary alicyclic amines) is 1. The van der Waals surface area contributed by atoms with Crippen LogP contribution < -0.4 is 10.1 Å². The first-order chi connectivity index (χ1) is 24.0. The van der Waals surface area contributed by atoms with Crippen molar-refractivity contribution >= 4 is 29.1 Å². The summed E-state index contributed by atoms with van der Waals surface area (Å²) >= 11 is 1.41. The predicted octanol–water partition coefficient (Wildman–Crippen LogP) is 7.40. The monoisotopic (exact) mass is 694 g/mol. The number of carbonyl (C=O) groups is 3. The van der Waals surface area contributed by atoms with Crippen LogP contribution in [0.1, 0.15) is 79.4 Å². The summed E-state index contributed by atoms with van der Waals surface area (Å²) in [5, 5.41) is 12.2. The van der Waals surface area contributed by atoms with Gasteiger partial charge in [-0.3, -0.25) is 14.4 Å². The fourth-order valence-corrected chi connectivity index (χ4v) is 7.51. The second-order valence-electron chi connectivity index (χ2n) is 14.6. The standard InChI is InChI=1S/C40H46N4O5S/c1-40(2,3)35-18-17-34(50-35)37(45)43-33(38(46)44-24-31(25-44)39(47)48)21-27-9-11-29(12-10-27)36-41-22-30(23-42-36)28-13-15-32(16-14-28)49-20-19-26-7-5-4-6-8-26/h9-18,22-23,26,31,33H,4-8,19-21,24-25H2,1-3H3,(H,43,45)(H,47,48). The number of aliphatic carboxylic acids is 1. The highest BCUT2D eigenvalue weighted by atomic mass is 32.1. The molecule has 2 aromatic heterocycles. The Morgan fingerprint density at radius 2 is 1.56 bits per heavy atom. The van der Waals surface area contributed by atoms with Crippen molar-refractivity contribution in [2.75, 3.05) is 19.7 Å². The minimum atomic E-state index is -0.920. The average Bonchev–Trinajstić information content (AvgIpc) is 3.60. The van der Waals surface area contributed by atoms with Gasteiger partial charge in [-0.2, -0.15) is 0 Å². The number of hydrogen-bond donors (Lipinski definition) is 2. The van der Waals surface area contributed by atoms with E-state index in [-0.39, 0.29) is 36.7 Å². The van der Waals surface area contributed by atoms with Gasteiger partial charge in [-0.15, -0.1) is 11.3 Å². The molecule has 2 aliphatic rings. The Bertz CT molecular complexity index is 1770. The molecule has 262 valence electrons. The maximum absolute atomic E-state index is 13.5. The molecule has 2 aromatic carbocycles. The lowest BCUT2D eigenvalue weighted by atomic mass is 9.87. The molecule has 1 saturated carbocycles. The molecule has 50 heavy (non-hydrogen) atoms. The van der Waals surface area contributed by atoms with Crippen LogP contribution in [0.2, 0.25) is 0 Å². The van der Waals surface area contributed by atoms with Gasteiger partial charge in [0.1, 0.15) is 11.8 Å². The summed E-state index contributed by atoms with van der Waals surface area (Å²) in [6.07, 6.45) is 11.7. The van der Waals surface area contributed by atoms with Gasteiger partial charge in [0.2, 0.25) is 5.91 Å². The van der Waals surface area contributed by atoms with Crippen molar-refractivity contribution in [3.8, 4) is 28.3 Å². The largest absolute Gasteiger partial charge is 0.494 e. The van der Waals surface area contributed by atoms with E-state index in [9.17, 15) is 19.5 Å². The van der Waals surface area contributed by atoms with Crippen LogP contribution in [-0.2, 0) is 21.4 Å². The number of carboxylic acids is 1. The first kappa shape index (κ1) is 35.3.